The number of aryl methyl sites for hydroxylation is 1. The second-order valence-corrected chi connectivity index (χ2v) is 5.27. The van der Waals surface area contributed by atoms with Crippen LogP contribution in [0.25, 0.3) is 22.1 Å². The maximum absolute atomic E-state index is 8.63. The summed E-state index contributed by atoms with van der Waals surface area (Å²) in [6, 6.07) is 14.1. The summed E-state index contributed by atoms with van der Waals surface area (Å²) in [5.41, 5.74) is 4.07. The normalized spacial score (nSPS) is 11.1. The van der Waals surface area contributed by atoms with Gasteiger partial charge in [-0.05, 0) is 12.1 Å². The van der Waals surface area contributed by atoms with E-state index in [1.165, 1.54) is 0 Å². The number of hydrogen-bond donors (Lipinski definition) is 1. The average Bonchev–Trinajstić information content (AvgIpc) is 2.45. The molecule has 3 aromatic rings. The lowest BCUT2D eigenvalue weighted by Crippen LogP contribution is -2.30. The Morgan fingerprint density at radius 3 is 2.36 bits per heavy atom. The lowest BCUT2D eigenvalue weighted by molar-refractivity contribution is -0.617. The summed E-state index contributed by atoms with van der Waals surface area (Å²) in [4.78, 5) is 4.66. The third kappa shape index (κ3) is 3.67. The highest BCUT2D eigenvalue weighted by Gasteiger charge is 2.15. The summed E-state index contributed by atoms with van der Waals surface area (Å²) >= 11 is 0. The van der Waals surface area contributed by atoms with Crippen molar-refractivity contribution in [1.82, 2.24) is 4.98 Å². The van der Waals surface area contributed by atoms with Crippen molar-refractivity contribution < 1.29 is 26.8 Å². The highest BCUT2D eigenvalue weighted by Crippen LogP contribution is 2.22. The lowest BCUT2D eigenvalue weighted by atomic mass is 10.2. The van der Waals surface area contributed by atoms with Crippen LogP contribution in [-0.4, -0.2) is 29.6 Å². The molecule has 116 valence electrons. The van der Waals surface area contributed by atoms with E-state index in [0.717, 1.165) is 27.8 Å². The monoisotopic (exact) mass is 322 g/mol. The first-order chi connectivity index (χ1) is 10.3. The van der Waals surface area contributed by atoms with E-state index in [2.05, 4.69) is 21.7 Å². The smallest absolute Gasteiger partial charge is 0.235 e. The summed E-state index contributed by atoms with van der Waals surface area (Å²) in [5, 5.41) is 0. The minimum atomic E-state index is -4.92. The van der Waals surface area contributed by atoms with Gasteiger partial charge in [-0.1, -0.05) is 18.2 Å². The molecule has 0 aliphatic rings. The van der Waals surface area contributed by atoms with Gasteiger partial charge >= 0.3 is 0 Å². The van der Waals surface area contributed by atoms with Crippen LogP contribution >= 0.6 is 0 Å². The van der Waals surface area contributed by atoms with E-state index < -0.39 is 10.4 Å². The largest absolute Gasteiger partial charge is 0.726 e. The Labute approximate surface area is 127 Å². The van der Waals surface area contributed by atoms with Crippen molar-refractivity contribution in [2.75, 3.05) is 7.11 Å². The van der Waals surface area contributed by atoms with Crippen molar-refractivity contribution in [2.24, 2.45) is 7.05 Å². The Bertz CT molecular complexity index is 917. The zero-order valence-electron chi connectivity index (χ0n) is 11.9. The zero-order chi connectivity index (χ0) is 16.3. The van der Waals surface area contributed by atoms with Gasteiger partial charge in [0.25, 0.3) is 0 Å². The SMILES string of the molecule is COc1cccc2c1nc1ccccc1[n+]2C.O=S(=O)([O-])O. The number of nitrogens with zero attached hydrogens (tertiary/aromatic N) is 2. The van der Waals surface area contributed by atoms with Crippen molar-refractivity contribution in [3.8, 4) is 5.75 Å². The van der Waals surface area contributed by atoms with Crippen LogP contribution < -0.4 is 9.30 Å². The van der Waals surface area contributed by atoms with Gasteiger partial charge in [-0.2, -0.15) is 4.57 Å². The van der Waals surface area contributed by atoms with E-state index >= 15 is 0 Å². The van der Waals surface area contributed by atoms with Gasteiger partial charge in [0, 0.05) is 12.1 Å². The molecular weight excluding hydrogens is 308 g/mol. The average molecular weight is 322 g/mol. The number of rotatable bonds is 1. The molecule has 7 nitrogen and oxygen atoms in total. The molecule has 0 aliphatic carbocycles. The molecule has 0 saturated heterocycles. The molecule has 0 saturated carbocycles. The second-order valence-electron chi connectivity index (χ2n) is 4.42. The lowest BCUT2D eigenvalue weighted by Gasteiger charge is -2.04. The topological polar surface area (TPSA) is 103 Å². The Balaban J connectivity index is 0.000000309. The number of ether oxygens (including phenoxy) is 1. The fourth-order valence-corrected chi connectivity index (χ4v) is 2.15. The molecule has 0 spiro atoms. The van der Waals surface area contributed by atoms with Gasteiger partial charge in [0.2, 0.25) is 21.4 Å². The summed E-state index contributed by atoms with van der Waals surface area (Å²) in [5.74, 6) is 0.809. The quantitative estimate of drug-likeness (QED) is 0.313. The van der Waals surface area contributed by atoms with E-state index in [1.807, 2.05) is 37.4 Å². The van der Waals surface area contributed by atoms with E-state index in [0.29, 0.717) is 0 Å². The van der Waals surface area contributed by atoms with Crippen LogP contribution in [-0.2, 0) is 17.4 Å². The highest BCUT2D eigenvalue weighted by atomic mass is 32.3. The van der Waals surface area contributed by atoms with Gasteiger partial charge in [-0.3, -0.25) is 4.55 Å². The standard InChI is InChI=1S/C14H13N2O.H2O4S/c1-16-11-7-4-3-6-10(11)15-14-12(16)8-5-9-13(14)17-2;1-5(2,3)4/h3-9H,1-2H3;(H2,1,2,3,4)/q+1;/p-1. The first kappa shape index (κ1) is 16.1. The van der Waals surface area contributed by atoms with Gasteiger partial charge in [-0.15, -0.1) is 0 Å². The predicted molar refractivity (Wildman–Crippen MR) is 79.3 cm³/mol. The number of hydrogen-bond acceptors (Lipinski definition) is 5. The molecule has 3 rings (SSSR count). The number of aromatic nitrogens is 2. The van der Waals surface area contributed by atoms with Crippen molar-refractivity contribution in [3.05, 3.63) is 42.5 Å². The van der Waals surface area contributed by atoms with Crippen LogP contribution in [0.2, 0.25) is 0 Å². The highest BCUT2D eigenvalue weighted by molar-refractivity contribution is 7.79. The molecular formula is C14H14N2O5S. The molecule has 0 unspecified atom stereocenters. The summed E-state index contributed by atoms with van der Waals surface area (Å²) in [6.07, 6.45) is 0. The van der Waals surface area contributed by atoms with Gasteiger partial charge in [0.15, 0.2) is 11.3 Å². The number of fused-ring (bicyclic) bond motifs is 2. The molecule has 0 amide bonds. The molecule has 1 heterocycles. The molecule has 8 heteroatoms. The van der Waals surface area contributed by atoms with Gasteiger partial charge in [0.1, 0.15) is 12.6 Å². The molecule has 0 fully saturated rings. The summed E-state index contributed by atoms with van der Waals surface area (Å²) in [7, 11) is -1.20. The van der Waals surface area contributed by atoms with Gasteiger partial charge in [-0.25, -0.2) is 13.4 Å². The van der Waals surface area contributed by atoms with Crippen LogP contribution in [0.5, 0.6) is 5.75 Å². The van der Waals surface area contributed by atoms with Crippen LogP contribution in [0.1, 0.15) is 0 Å². The maximum Gasteiger partial charge on any atom is 0.235 e. The van der Waals surface area contributed by atoms with Crippen LogP contribution in [0.3, 0.4) is 0 Å². The maximum atomic E-state index is 8.63. The van der Waals surface area contributed by atoms with Crippen LogP contribution in [0.4, 0.5) is 0 Å². The summed E-state index contributed by atoms with van der Waals surface area (Å²) < 4.78 is 40.3. The fourth-order valence-electron chi connectivity index (χ4n) is 2.15. The molecule has 0 bridgehead atoms. The first-order valence-corrected chi connectivity index (χ1v) is 7.57. The third-order valence-corrected chi connectivity index (χ3v) is 3.03. The molecule has 0 radical (unpaired) electrons. The fraction of sp³-hybridized carbons (Fsp3) is 0.143. The molecule has 2 aromatic carbocycles. The van der Waals surface area contributed by atoms with Crippen LogP contribution in [0.15, 0.2) is 42.5 Å². The number of benzene rings is 2. The minimum absolute atomic E-state index is 0.809. The van der Waals surface area contributed by atoms with Crippen LogP contribution in [0, 0.1) is 0 Å². The van der Waals surface area contributed by atoms with E-state index in [-0.39, 0.29) is 0 Å². The third-order valence-electron chi connectivity index (χ3n) is 3.03. The number of para-hydroxylation sites is 3. The molecule has 1 N–H and O–H groups in total. The number of methoxy groups -OCH3 is 1. The Hall–Kier alpha value is -2.29. The molecule has 22 heavy (non-hydrogen) atoms. The first-order valence-electron chi connectivity index (χ1n) is 6.21. The zero-order valence-corrected chi connectivity index (χ0v) is 12.7. The van der Waals surface area contributed by atoms with E-state index in [9.17, 15) is 0 Å². The van der Waals surface area contributed by atoms with Crippen molar-refractivity contribution >= 4 is 32.5 Å². The molecule has 0 atom stereocenters. The second kappa shape index (κ2) is 6.22. The van der Waals surface area contributed by atoms with Crippen molar-refractivity contribution in [1.29, 1.82) is 0 Å². The predicted octanol–water partition coefficient (Wildman–Crippen LogP) is 1.23. The van der Waals surface area contributed by atoms with E-state index in [4.69, 9.17) is 22.3 Å². The molecule has 0 aliphatic heterocycles. The van der Waals surface area contributed by atoms with E-state index in [1.54, 1.807) is 7.11 Å². The van der Waals surface area contributed by atoms with Crippen molar-refractivity contribution in [2.45, 2.75) is 0 Å². The Morgan fingerprint density at radius 2 is 1.73 bits per heavy atom. The Kier molecular flexibility index (Phi) is 4.55. The molecule has 1 aromatic heterocycles. The minimum Gasteiger partial charge on any atom is -0.726 e. The van der Waals surface area contributed by atoms with Gasteiger partial charge < -0.3 is 9.29 Å². The summed E-state index contributed by atoms with van der Waals surface area (Å²) in [6.45, 7) is 0. The van der Waals surface area contributed by atoms with Crippen molar-refractivity contribution in [3.63, 3.8) is 0 Å². The van der Waals surface area contributed by atoms with Gasteiger partial charge in [0.05, 0.1) is 7.11 Å². The Morgan fingerprint density at radius 1 is 1.14 bits per heavy atom.